The molecule has 0 fully saturated rings. The Hall–Kier alpha value is -0.350. The normalized spacial score (nSPS) is 14.6. The van der Waals surface area contributed by atoms with Crippen LogP contribution in [0.1, 0.15) is 37.4 Å². The smallest absolute Gasteiger partial charge is 0.134 e. The topological polar surface area (TPSA) is 28.7 Å². The third-order valence-corrected chi connectivity index (χ3v) is 3.93. The Morgan fingerprint density at radius 3 is 3.00 bits per heavy atom. The van der Waals surface area contributed by atoms with Crippen molar-refractivity contribution in [2.45, 2.75) is 38.2 Å². The molecule has 15 heavy (non-hydrogen) atoms. The molecule has 4 heteroatoms. The molecule has 1 aliphatic rings. The van der Waals surface area contributed by atoms with Gasteiger partial charge in [0.25, 0.3) is 0 Å². The predicted molar refractivity (Wildman–Crippen MR) is 67.6 cm³/mol. The molecule has 1 aromatic rings. The number of thioether (sulfide) groups is 1. The molecular formula is C11H16N2S2. The number of nitrogens with zero attached hydrogens (tertiary/aromatic N) is 1. The van der Waals surface area contributed by atoms with Crippen molar-refractivity contribution < 1.29 is 0 Å². The molecule has 1 N–H and O–H groups in total. The van der Waals surface area contributed by atoms with E-state index in [4.69, 9.17) is 12.2 Å². The van der Waals surface area contributed by atoms with Crippen molar-refractivity contribution in [3.63, 3.8) is 0 Å². The van der Waals surface area contributed by atoms with Gasteiger partial charge in [0, 0.05) is 29.2 Å². The Balaban J connectivity index is 2.20. The van der Waals surface area contributed by atoms with E-state index in [-0.39, 0.29) is 0 Å². The van der Waals surface area contributed by atoms with Crippen molar-refractivity contribution in [3.05, 3.63) is 21.7 Å². The van der Waals surface area contributed by atoms with Gasteiger partial charge >= 0.3 is 0 Å². The number of aryl methyl sites for hydroxylation is 1. The molecule has 0 atom stereocenters. The van der Waals surface area contributed by atoms with Crippen molar-refractivity contribution in [3.8, 4) is 0 Å². The predicted octanol–water partition coefficient (Wildman–Crippen LogP) is 3.47. The maximum atomic E-state index is 5.30. The van der Waals surface area contributed by atoms with E-state index in [1.165, 1.54) is 17.7 Å². The molecule has 0 saturated carbocycles. The number of hydrogen-bond donors (Lipinski definition) is 1. The summed E-state index contributed by atoms with van der Waals surface area (Å²) in [5.41, 5.74) is 2.56. The van der Waals surface area contributed by atoms with Crippen LogP contribution in [0.15, 0.2) is 0 Å². The zero-order valence-electron chi connectivity index (χ0n) is 9.17. The van der Waals surface area contributed by atoms with E-state index in [9.17, 15) is 0 Å². The second-order valence-electron chi connectivity index (χ2n) is 4.37. The Morgan fingerprint density at radius 2 is 2.27 bits per heavy atom. The summed E-state index contributed by atoms with van der Waals surface area (Å²) in [6, 6.07) is 0. The van der Waals surface area contributed by atoms with Crippen LogP contribution >= 0.6 is 24.0 Å². The quantitative estimate of drug-likeness (QED) is 0.820. The zero-order chi connectivity index (χ0) is 10.8. The van der Waals surface area contributed by atoms with Gasteiger partial charge in [0.05, 0.1) is 0 Å². The second kappa shape index (κ2) is 4.66. The molecule has 0 bridgehead atoms. The maximum Gasteiger partial charge on any atom is 0.134 e. The largest absolute Gasteiger partial charge is 0.346 e. The fourth-order valence-electron chi connectivity index (χ4n) is 1.67. The van der Waals surface area contributed by atoms with Crippen molar-refractivity contribution >= 4 is 24.0 Å². The third-order valence-electron chi connectivity index (χ3n) is 2.61. The lowest BCUT2D eigenvalue weighted by Gasteiger charge is -2.06. The summed E-state index contributed by atoms with van der Waals surface area (Å²) in [4.78, 5) is 7.89. The first kappa shape index (κ1) is 11.1. The highest BCUT2D eigenvalue weighted by Gasteiger charge is 2.14. The van der Waals surface area contributed by atoms with Crippen LogP contribution in [0.2, 0.25) is 0 Å². The molecule has 82 valence electrons. The van der Waals surface area contributed by atoms with Gasteiger partial charge in [-0.05, 0) is 12.3 Å². The minimum Gasteiger partial charge on any atom is -0.346 e. The van der Waals surface area contributed by atoms with E-state index in [0.29, 0.717) is 0 Å². The summed E-state index contributed by atoms with van der Waals surface area (Å²) >= 11 is 7.21. The molecule has 1 aliphatic heterocycles. The summed E-state index contributed by atoms with van der Waals surface area (Å²) in [6.07, 6.45) is 2.18. The Labute approximate surface area is 99.9 Å². The number of aromatic nitrogens is 2. The van der Waals surface area contributed by atoms with E-state index in [2.05, 4.69) is 23.8 Å². The second-order valence-corrected chi connectivity index (χ2v) is 5.74. The third kappa shape index (κ3) is 2.61. The lowest BCUT2D eigenvalue weighted by atomic mass is 10.1. The molecule has 0 unspecified atom stereocenters. The van der Waals surface area contributed by atoms with Gasteiger partial charge < -0.3 is 4.98 Å². The van der Waals surface area contributed by atoms with Gasteiger partial charge in [0.1, 0.15) is 10.5 Å². The molecular weight excluding hydrogens is 224 g/mol. The first-order valence-corrected chi connectivity index (χ1v) is 6.92. The maximum absolute atomic E-state index is 5.30. The van der Waals surface area contributed by atoms with Gasteiger partial charge in [0.15, 0.2) is 0 Å². The van der Waals surface area contributed by atoms with Gasteiger partial charge in [0.2, 0.25) is 0 Å². The van der Waals surface area contributed by atoms with Crippen LogP contribution in [0.4, 0.5) is 0 Å². The fourth-order valence-corrected chi connectivity index (χ4v) is 3.13. The molecule has 2 heterocycles. The van der Waals surface area contributed by atoms with Gasteiger partial charge in [-0.15, -0.1) is 0 Å². The fraction of sp³-hybridized carbons (Fsp3) is 0.636. The molecule has 2 rings (SSSR count). The van der Waals surface area contributed by atoms with Crippen molar-refractivity contribution in [2.24, 2.45) is 5.92 Å². The van der Waals surface area contributed by atoms with Crippen LogP contribution < -0.4 is 0 Å². The molecule has 0 saturated heterocycles. The molecule has 0 spiro atoms. The van der Waals surface area contributed by atoms with Crippen LogP contribution in [-0.2, 0) is 17.9 Å². The zero-order valence-corrected chi connectivity index (χ0v) is 10.8. The average molecular weight is 240 g/mol. The summed E-state index contributed by atoms with van der Waals surface area (Å²) in [5, 5.41) is 0. The number of H-pyrrole nitrogens is 1. The van der Waals surface area contributed by atoms with E-state index in [1.807, 2.05) is 11.8 Å². The standard InChI is InChI=1S/C11H16N2S2/c1-7(2)3-4-10-12-9-6-15-5-8(9)11(14)13-10/h7H,3-6H2,1-2H3,(H,12,13,14). The van der Waals surface area contributed by atoms with Gasteiger partial charge in [-0.2, -0.15) is 11.8 Å². The first-order valence-electron chi connectivity index (χ1n) is 5.35. The molecule has 0 radical (unpaired) electrons. The summed E-state index contributed by atoms with van der Waals surface area (Å²) < 4.78 is 0.813. The Morgan fingerprint density at radius 1 is 1.47 bits per heavy atom. The SMILES string of the molecule is CC(C)CCc1nc(=S)c2c([nH]1)CSC2. The van der Waals surface area contributed by atoms with Crippen LogP contribution in [-0.4, -0.2) is 9.97 Å². The van der Waals surface area contributed by atoms with Gasteiger partial charge in [-0.1, -0.05) is 26.1 Å². The van der Waals surface area contributed by atoms with Gasteiger partial charge in [-0.25, -0.2) is 4.98 Å². The van der Waals surface area contributed by atoms with Crippen molar-refractivity contribution in [1.29, 1.82) is 0 Å². The van der Waals surface area contributed by atoms with Crippen LogP contribution in [0.3, 0.4) is 0 Å². The first-order chi connectivity index (χ1) is 7.16. The monoisotopic (exact) mass is 240 g/mol. The Bertz CT molecular complexity index is 410. The highest BCUT2D eigenvalue weighted by molar-refractivity contribution is 7.98. The highest BCUT2D eigenvalue weighted by atomic mass is 32.2. The number of aromatic amines is 1. The van der Waals surface area contributed by atoms with Crippen LogP contribution in [0, 0.1) is 10.6 Å². The molecule has 0 aromatic carbocycles. The molecule has 2 nitrogen and oxygen atoms in total. The van der Waals surface area contributed by atoms with Crippen LogP contribution in [0.5, 0.6) is 0 Å². The lowest BCUT2D eigenvalue weighted by Crippen LogP contribution is -2.02. The Kier molecular flexibility index (Phi) is 3.46. The number of rotatable bonds is 3. The number of hydrogen-bond acceptors (Lipinski definition) is 3. The van der Waals surface area contributed by atoms with Crippen molar-refractivity contribution in [1.82, 2.24) is 9.97 Å². The minimum atomic E-state index is 0.719. The summed E-state index contributed by atoms with van der Waals surface area (Å²) in [7, 11) is 0. The van der Waals surface area contributed by atoms with Gasteiger partial charge in [-0.3, -0.25) is 0 Å². The highest BCUT2D eigenvalue weighted by Crippen LogP contribution is 2.28. The van der Waals surface area contributed by atoms with E-state index >= 15 is 0 Å². The number of nitrogens with one attached hydrogen (secondary N) is 1. The van der Waals surface area contributed by atoms with E-state index in [0.717, 1.165) is 34.3 Å². The molecule has 1 aromatic heterocycles. The minimum absolute atomic E-state index is 0.719. The van der Waals surface area contributed by atoms with Crippen molar-refractivity contribution in [2.75, 3.05) is 0 Å². The van der Waals surface area contributed by atoms with E-state index < -0.39 is 0 Å². The molecule has 0 amide bonds. The number of fused-ring (bicyclic) bond motifs is 1. The van der Waals surface area contributed by atoms with Crippen LogP contribution in [0.25, 0.3) is 0 Å². The average Bonchev–Trinajstić information content (AvgIpc) is 2.63. The lowest BCUT2D eigenvalue weighted by molar-refractivity contribution is 0.573. The summed E-state index contributed by atoms with van der Waals surface area (Å²) in [6.45, 7) is 4.47. The molecule has 0 aliphatic carbocycles. The van der Waals surface area contributed by atoms with E-state index in [1.54, 1.807) is 0 Å². The summed E-state index contributed by atoms with van der Waals surface area (Å²) in [5.74, 6) is 3.88.